The molecule has 102 valence electrons. The Morgan fingerprint density at radius 2 is 2.11 bits per heavy atom. The third kappa shape index (κ3) is 3.84. The zero-order valence-corrected chi connectivity index (χ0v) is 11.9. The Labute approximate surface area is 111 Å². The molecule has 0 radical (unpaired) electrons. The molecule has 1 heterocycles. The SMILES string of the molecule is CCCNCc1cn(CC2(C)CCCCC2)cn1. The standard InChI is InChI=1S/C15H27N3/c1-3-9-16-10-14-11-18(13-17-14)12-15(2)7-5-4-6-8-15/h11,13,16H,3-10,12H2,1-2H3. The second-order valence-corrected chi connectivity index (χ2v) is 6.09. The Hall–Kier alpha value is -0.830. The van der Waals surface area contributed by atoms with E-state index >= 15 is 0 Å². The van der Waals surface area contributed by atoms with Crippen molar-refractivity contribution in [3.63, 3.8) is 0 Å². The summed E-state index contributed by atoms with van der Waals surface area (Å²) < 4.78 is 2.29. The van der Waals surface area contributed by atoms with E-state index in [4.69, 9.17) is 0 Å². The molecule has 1 aromatic heterocycles. The molecule has 0 aromatic carbocycles. The summed E-state index contributed by atoms with van der Waals surface area (Å²) in [5.41, 5.74) is 1.66. The minimum Gasteiger partial charge on any atom is -0.337 e. The van der Waals surface area contributed by atoms with Gasteiger partial charge in [0.2, 0.25) is 0 Å². The van der Waals surface area contributed by atoms with E-state index in [1.165, 1.54) is 44.2 Å². The van der Waals surface area contributed by atoms with Crippen molar-refractivity contribution in [2.45, 2.75) is 65.5 Å². The van der Waals surface area contributed by atoms with Gasteiger partial charge in [-0.2, -0.15) is 0 Å². The van der Waals surface area contributed by atoms with E-state index < -0.39 is 0 Å². The first kappa shape index (κ1) is 13.6. The Kier molecular flexibility index (Phi) is 4.81. The molecular weight excluding hydrogens is 222 g/mol. The third-order valence-electron chi connectivity index (χ3n) is 4.04. The predicted molar refractivity (Wildman–Crippen MR) is 75.4 cm³/mol. The van der Waals surface area contributed by atoms with Gasteiger partial charge < -0.3 is 9.88 Å². The molecule has 1 N–H and O–H groups in total. The van der Waals surface area contributed by atoms with Crippen LogP contribution >= 0.6 is 0 Å². The molecule has 1 aliphatic rings. The Balaban J connectivity index is 1.85. The molecule has 0 atom stereocenters. The first-order chi connectivity index (χ1) is 8.72. The lowest BCUT2D eigenvalue weighted by Crippen LogP contribution is -2.25. The molecule has 0 unspecified atom stereocenters. The van der Waals surface area contributed by atoms with Crippen molar-refractivity contribution in [2.75, 3.05) is 6.54 Å². The molecule has 0 aliphatic heterocycles. The quantitative estimate of drug-likeness (QED) is 0.784. The van der Waals surface area contributed by atoms with Gasteiger partial charge in [0.1, 0.15) is 0 Å². The van der Waals surface area contributed by atoms with E-state index in [1.807, 2.05) is 6.33 Å². The molecule has 0 bridgehead atoms. The predicted octanol–water partition coefficient (Wildman–Crippen LogP) is 3.35. The monoisotopic (exact) mass is 249 g/mol. The maximum absolute atomic E-state index is 4.49. The van der Waals surface area contributed by atoms with Crippen LogP contribution in [0.15, 0.2) is 12.5 Å². The summed E-state index contributed by atoms with van der Waals surface area (Å²) in [6, 6.07) is 0. The van der Waals surface area contributed by atoms with Gasteiger partial charge in [0, 0.05) is 19.3 Å². The van der Waals surface area contributed by atoms with Crippen molar-refractivity contribution in [1.29, 1.82) is 0 Å². The topological polar surface area (TPSA) is 29.9 Å². The Morgan fingerprint density at radius 3 is 2.83 bits per heavy atom. The van der Waals surface area contributed by atoms with Crippen LogP contribution in [0.2, 0.25) is 0 Å². The number of hydrogen-bond donors (Lipinski definition) is 1. The number of hydrogen-bond acceptors (Lipinski definition) is 2. The fourth-order valence-electron chi connectivity index (χ4n) is 2.98. The zero-order chi connectivity index (χ0) is 12.8. The lowest BCUT2D eigenvalue weighted by atomic mass is 9.76. The summed E-state index contributed by atoms with van der Waals surface area (Å²) in [5, 5.41) is 3.40. The van der Waals surface area contributed by atoms with Gasteiger partial charge in [0.15, 0.2) is 0 Å². The summed E-state index contributed by atoms with van der Waals surface area (Å²) in [7, 11) is 0. The Bertz CT molecular complexity index is 350. The number of imidazole rings is 1. The molecule has 3 heteroatoms. The highest BCUT2D eigenvalue weighted by Crippen LogP contribution is 2.37. The van der Waals surface area contributed by atoms with Crippen LogP contribution in [0.3, 0.4) is 0 Å². The van der Waals surface area contributed by atoms with Crippen LogP contribution in [0.25, 0.3) is 0 Å². The lowest BCUT2D eigenvalue weighted by Gasteiger charge is -2.33. The van der Waals surface area contributed by atoms with Gasteiger partial charge in [-0.25, -0.2) is 4.98 Å². The molecule has 1 aliphatic carbocycles. The van der Waals surface area contributed by atoms with Crippen molar-refractivity contribution in [3.8, 4) is 0 Å². The molecule has 18 heavy (non-hydrogen) atoms. The number of nitrogens with one attached hydrogen (secondary N) is 1. The third-order valence-corrected chi connectivity index (χ3v) is 4.04. The summed E-state index contributed by atoms with van der Waals surface area (Å²) in [4.78, 5) is 4.49. The molecule has 3 nitrogen and oxygen atoms in total. The van der Waals surface area contributed by atoms with E-state index in [0.717, 1.165) is 19.6 Å². The van der Waals surface area contributed by atoms with Crippen molar-refractivity contribution >= 4 is 0 Å². The molecular formula is C15H27N3. The van der Waals surface area contributed by atoms with Gasteiger partial charge in [-0.05, 0) is 31.2 Å². The Morgan fingerprint density at radius 1 is 1.33 bits per heavy atom. The zero-order valence-electron chi connectivity index (χ0n) is 11.9. The van der Waals surface area contributed by atoms with E-state index in [9.17, 15) is 0 Å². The van der Waals surface area contributed by atoms with Gasteiger partial charge in [0.25, 0.3) is 0 Å². The molecule has 1 aromatic rings. The summed E-state index contributed by atoms with van der Waals surface area (Å²) in [6.45, 7) is 7.73. The van der Waals surface area contributed by atoms with Crippen LogP contribution in [0.5, 0.6) is 0 Å². The van der Waals surface area contributed by atoms with Crippen molar-refractivity contribution in [3.05, 3.63) is 18.2 Å². The molecule has 1 fully saturated rings. The summed E-state index contributed by atoms with van der Waals surface area (Å²) in [6.07, 6.45) is 12.4. The maximum Gasteiger partial charge on any atom is 0.0950 e. The van der Waals surface area contributed by atoms with E-state index in [2.05, 4.69) is 34.9 Å². The average molecular weight is 249 g/mol. The largest absolute Gasteiger partial charge is 0.337 e. The fourth-order valence-corrected chi connectivity index (χ4v) is 2.98. The van der Waals surface area contributed by atoms with E-state index in [1.54, 1.807) is 0 Å². The second-order valence-electron chi connectivity index (χ2n) is 6.09. The van der Waals surface area contributed by atoms with Crippen LogP contribution in [-0.4, -0.2) is 16.1 Å². The number of rotatable bonds is 6. The molecule has 2 rings (SSSR count). The first-order valence-electron chi connectivity index (χ1n) is 7.43. The number of nitrogens with zero attached hydrogens (tertiary/aromatic N) is 2. The first-order valence-corrected chi connectivity index (χ1v) is 7.43. The van der Waals surface area contributed by atoms with Crippen LogP contribution < -0.4 is 5.32 Å². The van der Waals surface area contributed by atoms with Crippen molar-refractivity contribution in [1.82, 2.24) is 14.9 Å². The van der Waals surface area contributed by atoms with Gasteiger partial charge in [0.05, 0.1) is 12.0 Å². The minimum atomic E-state index is 0.493. The highest BCUT2D eigenvalue weighted by molar-refractivity contribution is 4.97. The smallest absolute Gasteiger partial charge is 0.0950 e. The van der Waals surface area contributed by atoms with Gasteiger partial charge >= 0.3 is 0 Å². The van der Waals surface area contributed by atoms with Crippen molar-refractivity contribution < 1.29 is 0 Å². The van der Waals surface area contributed by atoms with Crippen molar-refractivity contribution in [2.24, 2.45) is 5.41 Å². The van der Waals surface area contributed by atoms with Crippen LogP contribution in [-0.2, 0) is 13.1 Å². The second kappa shape index (κ2) is 6.37. The maximum atomic E-state index is 4.49. The fraction of sp³-hybridized carbons (Fsp3) is 0.800. The van der Waals surface area contributed by atoms with Crippen LogP contribution in [0.4, 0.5) is 0 Å². The average Bonchev–Trinajstić information content (AvgIpc) is 2.77. The van der Waals surface area contributed by atoms with Crippen LogP contribution in [0.1, 0.15) is 58.1 Å². The van der Waals surface area contributed by atoms with E-state index in [-0.39, 0.29) is 0 Å². The minimum absolute atomic E-state index is 0.493. The van der Waals surface area contributed by atoms with Crippen LogP contribution in [0, 0.1) is 5.41 Å². The molecule has 0 spiro atoms. The van der Waals surface area contributed by atoms with Gasteiger partial charge in [-0.3, -0.25) is 0 Å². The summed E-state index contributed by atoms with van der Waals surface area (Å²) in [5.74, 6) is 0. The molecule has 1 saturated carbocycles. The highest BCUT2D eigenvalue weighted by atomic mass is 15.1. The molecule has 0 amide bonds. The number of aromatic nitrogens is 2. The molecule has 0 saturated heterocycles. The highest BCUT2D eigenvalue weighted by Gasteiger charge is 2.27. The van der Waals surface area contributed by atoms with Gasteiger partial charge in [-0.15, -0.1) is 0 Å². The lowest BCUT2D eigenvalue weighted by molar-refractivity contribution is 0.183. The van der Waals surface area contributed by atoms with E-state index in [0.29, 0.717) is 5.41 Å². The van der Waals surface area contributed by atoms with Gasteiger partial charge in [-0.1, -0.05) is 33.1 Å². The normalized spacial score (nSPS) is 19.0. The summed E-state index contributed by atoms with van der Waals surface area (Å²) >= 11 is 0.